The van der Waals surface area contributed by atoms with Crippen LogP contribution in [0, 0.1) is 0 Å². The number of aliphatic hydroxyl groups is 1. The van der Waals surface area contributed by atoms with Gasteiger partial charge in [0, 0.05) is 13.1 Å². The molecule has 2 heterocycles. The Balaban J connectivity index is 2.00. The molecule has 2 rings (SSSR count). The zero-order valence-electron chi connectivity index (χ0n) is 10.3. The summed E-state index contributed by atoms with van der Waals surface area (Å²) < 4.78 is 15.4. The van der Waals surface area contributed by atoms with Crippen LogP contribution in [0.2, 0.25) is 0 Å². The molecule has 1 N–H and O–H groups in total. The van der Waals surface area contributed by atoms with Crippen LogP contribution in [-0.4, -0.2) is 55.5 Å². The number of methoxy groups -OCH3 is 1. The highest BCUT2D eigenvalue weighted by atomic mass is 16.5. The molecule has 0 saturated carbocycles. The van der Waals surface area contributed by atoms with E-state index in [2.05, 4.69) is 9.64 Å². The minimum absolute atomic E-state index is 0.00147. The molecule has 6 nitrogen and oxygen atoms in total. The lowest BCUT2D eigenvalue weighted by atomic mass is 10.2. The van der Waals surface area contributed by atoms with Crippen molar-refractivity contribution in [1.29, 1.82) is 0 Å². The molecule has 1 atom stereocenters. The normalized spacial score (nSPS) is 20.9. The number of nitrogens with zero attached hydrogens (tertiary/aromatic N) is 1. The Labute approximate surface area is 105 Å². The zero-order valence-corrected chi connectivity index (χ0v) is 10.3. The zero-order chi connectivity index (χ0) is 13.0. The fraction of sp³-hybridized carbons (Fsp3) is 0.583. The van der Waals surface area contributed by atoms with Crippen molar-refractivity contribution in [3.63, 3.8) is 0 Å². The molecule has 0 amide bonds. The van der Waals surface area contributed by atoms with Crippen LogP contribution in [0.3, 0.4) is 0 Å². The number of hydrogen-bond acceptors (Lipinski definition) is 6. The van der Waals surface area contributed by atoms with Gasteiger partial charge in [0.15, 0.2) is 0 Å². The number of morpholine rings is 1. The van der Waals surface area contributed by atoms with Crippen LogP contribution in [0.15, 0.2) is 16.7 Å². The van der Waals surface area contributed by atoms with Gasteiger partial charge in [0.05, 0.1) is 39.2 Å². The highest BCUT2D eigenvalue weighted by Crippen LogP contribution is 2.16. The average molecular weight is 255 g/mol. The van der Waals surface area contributed by atoms with Gasteiger partial charge in [-0.3, -0.25) is 4.90 Å². The SMILES string of the molecule is COC(=O)c1ccoc1CN1CCOC(CO)C1. The Kier molecular flexibility index (Phi) is 4.35. The van der Waals surface area contributed by atoms with Crippen LogP contribution >= 0.6 is 0 Å². The average Bonchev–Trinajstić information content (AvgIpc) is 2.86. The van der Waals surface area contributed by atoms with Gasteiger partial charge < -0.3 is 19.0 Å². The van der Waals surface area contributed by atoms with E-state index in [4.69, 9.17) is 14.3 Å². The number of carbonyl (C=O) groups is 1. The molecule has 18 heavy (non-hydrogen) atoms. The quantitative estimate of drug-likeness (QED) is 0.778. The maximum absolute atomic E-state index is 11.5. The van der Waals surface area contributed by atoms with Gasteiger partial charge in [-0.15, -0.1) is 0 Å². The Hall–Kier alpha value is -1.37. The van der Waals surface area contributed by atoms with Crippen molar-refractivity contribution in [2.24, 2.45) is 0 Å². The van der Waals surface area contributed by atoms with Crippen molar-refractivity contribution in [1.82, 2.24) is 4.90 Å². The summed E-state index contributed by atoms with van der Waals surface area (Å²) in [5.74, 6) is 0.186. The summed E-state index contributed by atoms with van der Waals surface area (Å²) in [5, 5.41) is 9.07. The Morgan fingerprint density at radius 2 is 2.50 bits per heavy atom. The molecule has 6 heteroatoms. The molecule has 1 aromatic heterocycles. The molecule has 1 aliphatic heterocycles. The summed E-state index contributed by atoms with van der Waals surface area (Å²) in [4.78, 5) is 13.6. The lowest BCUT2D eigenvalue weighted by Gasteiger charge is -2.31. The van der Waals surface area contributed by atoms with Crippen LogP contribution in [0.5, 0.6) is 0 Å². The van der Waals surface area contributed by atoms with Crippen molar-refractivity contribution in [2.45, 2.75) is 12.6 Å². The smallest absolute Gasteiger partial charge is 0.341 e. The molecular weight excluding hydrogens is 238 g/mol. The van der Waals surface area contributed by atoms with E-state index in [1.165, 1.54) is 13.4 Å². The molecule has 0 bridgehead atoms. The second-order valence-electron chi connectivity index (χ2n) is 4.16. The number of carbonyl (C=O) groups excluding carboxylic acids is 1. The minimum atomic E-state index is -0.397. The summed E-state index contributed by atoms with van der Waals surface area (Å²) in [6, 6.07) is 1.60. The van der Waals surface area contributed by atoms with Gasteiger partial charge in [0.25, 0.3) is 0 Å². The molecule has 0 aromatic carbocycles. The third-order valence-corrected chi connectivity index (χ3v) is 2.94. The van der Waals surface area contributed by atoms with E-state index in [-0.39, 0.29) is 12.7 Å². The van der Waals surface area contributed by atoms with Gasteiger partial charge in [-0.05, 0) is 6.07 Å². The van der Waals surface area contributed by atoms with Crippen molar-refractivity contribution >= 4 is 5.97 Å². The number of hydrogen-bond donors (Lipinski definition) is 1. The predicted octanol–water partition coefficient (Wildman–Crippen LogP) is 0.259. The molecule has 1 saturated heterocycles. The summed E-state index contributed by atoms with van der Waals surface area (Å²) in [6.07, 6.45) is 1.31. The molecule has 1 unspecified atom stereocenters. The monoisotopic (exact) mass is 255 g/mol. The number of ether oxygens (including phenoxy) is 2. The Bertz CT molecular complexity index is 403. The van der Waals surface area contributed by atoms with Gasteiger partial charge in [0.2, 0.25) is 0 Å². The van der Waals surface area contributed by atoms with Crippen LogP contribution in [0.1, 0.15) is 16.1 Å². The van der Waals surface area contributed by atoms with Gasteiger partial charge in [-0.25, -0.2) is 4.79 Å². The fourth-order valence-electron chi connectivity index (χ4n) is 1.99. The van der Waals surface area contributed by atoms with Gasteiger partial charge >= 0.3 is 5.97 Å². The number of aliphatic hydroxyl groups excluding tert-OH is 1. The van der Waals surface area contributed by atoms with E-state index in [1.807, 2.05) is 0 Å². The van der Waals surface area contributed by atoms with Crippen molar-refractivity contribution in [2.75, 3.05) is 33.4 Å². The molecule has 0 aliphatic carbocycles. The molecular formula is C12H17NO5. The third kappa shape index (κ3) is 2.90. The van der Waals surface area contributed by atoms with Gasteiger partial charge in [0.1, 0.15) is 11.3 Å². The summed E-state index contributed by atoms with van der Waals surface area (Å²) in [6.45, 7) is 2.45. The van der Waals surface area contributed by atoms with Crippen LogP contribution in [0.4, 0.5) is 0 Å². The molecule has 0 radical (unpaired) electrons. The largest absolute Gasteiger partial charge is 0.467 e. The maximum atomic E-state index is 11.5. The first-order valence-corrected chi connectivity index (χ1v) is 5.84. The van der Waals surface area contributed by atoms with Crippen LogP contribution in [-0.2, 0) is 16.0 Å². The van der Waals surface area contributed by atoms with Crippen LogP contribution < -0.4 is 0 Å². The number of esters is 1. The number of furan rings is 1. The third-order valence-electron chi connectivity index (χ3n) is 2.94. The van der Waals surface area contributed by atoms with Crippen LogP contribution in [0.25, 0.3) is 0 Å². The molecule has 100 valence electrons. The lowest BCUT2D eigenvalue weighted by Crippen LogP contribution is -2.43. The highest BCUT2D eigenvalue weighted by Gasteiger charge is 2.23. The van der Waals surface area contributed by atoms with E-state index in [0.717, 1.165) is 6.54 Å². The van der Waals surface area contributed by atoms with Crippen molar-refractivity contribution < 1.29 is 23.8 Å². The van der Waals surface area contributed by atoms with E-state index in [1.54, 1.807) is 6.07 Å². The lowest BCUT2D eigenvalue weighted by molar-refractivity contribution is -0.0565. The summed E-state index contributed by atoms with van der Waals surface area (Å²) in [5.41, 5.74) is 0.449. The fourth-order valence-corrected chi connectivity index (χ4v) is 1.99. The van der Waals surface area contributed by atoms with Crippen molar-refractivity contribution in [3.05, 3.63) is 23.7 Å². The van der Waals surface area contributed by atoms with Gasteiger partial charge in [-0.1, -0.05) is 0 Å². The highest BCUT2D eigenvalue weighted by molar-refractivity contribution is 5.90. The predicted molar refractivity (Wildman–Crippen MR) is 62.2 cm³/mol. The van der Waals surface area contributed by atoms with E-state index in [0.29, 0.717) is 31.0 Å². The van der Waals surface area contributed by atoms with Gasteiger partial charge in [-0.2, -0.15) is 0 Å². The Morgan fingerprint density at radius 3 is 3.22 bits per heavy atom. The first-order valence-electron chi connectivity index (χ1n) is 5.84. The molecule has 1 fully saturated rings. The first-order chi connectivity index (χ1) is 8.74. The molecule has 1 aromatic rings. The van der Waals surface area contributed by atoms with E-state index >= 15 is 0 Å². The standard InChI is InChI=1S/C12H17NO5/c1-16-12(15)10-2-4-18-11(10)7-13-3-5-17-9(6-13)8-14/h2,4,9,14H,3,5-8H2,1H3. The molecule has 1 aliphatic rings. The second kappa shape index (κ2) is 5.99. The van der Waals surface area contributed by atoms with E-state index < -0.39 is 5.97 Å². The van der Waals surface area contributed by atoms with Crippen molar-refractivity contribution in [3.8, 4) is 0 Å². The maximum Gasteiger partial charge on any atom is 0.341 e. The Morgan fingerprint density at radius 1 is 1.67 bits per heavy atom. The topological polar surface area (TPSA) is 72.1 Å². The summed E-state index contributed by atoms with van der Waals surface area (Å²) >= 11 is 0. The minimum Gasteiger partial charge on any atom is -0.467 e. The first kappa shape index (κ1) is 13.1. The second-order valence-corrected chi connectivity index (χ2v) is 4.16. The summed E-state index contributed by atoms with van der Waals surface area (Å²) in [7, 11) is 1.34. The molecule has 0 spiro atoms. The number of rotatable bonds is 4. The van der Waals surface area contributed by atoms with E-state index in [9.17, 15) is 4.79 Å².